The van der Waals surface area contributed by atoms with E-state index in [9.17, 15) is 0 Å². The summed E-state index contributed by atoms with van der Waals surface area (Å²) >= 11 is 5.54. The number of nitrogens with one attached hydrogen (secondary N) is 2. The number of fused-ring (bicyclic) bond motifs is 1. The van der Waals surface area contributed by atoms with E-state index in [0.29, 0.717) is 11.7 Å². The van der Waals surface area contributed by atoms with Crippen LogP contribution in [0.2, 0.25) is 0 Å². The summed E-state index contributed by atoms with van der Waals surface area (Å²) in [6, 6.07) is 14.2. The molecular weight excluding hydrogens is 344 g/mol. The highest BCUT2D eigenvalue weighted by Gasteiger charge is 2.34. The number of ether oxygens (including phenoxy) is 2. The molecule has 0 saturated carbocycles. The Balaban J connectivity index is 1.71. The van der Waals surface area contributed by atoms with Crippen molar-refractivity contribution in [3.63, 3.8) is 0 Å². The van der Waals surface area contributed by atoms with E-state index in [1.807, 2.05) is 37.3 Å². The molecule has 0 aliphatic carbocycles. The normalized spacial score (nSPS) is 17.6. The van der Waals surface area contributed by atoms with Gasteiger partial charge in [-0.15, -0.1) is 0 Å². The maximum absolute atomic E-state index is 6.12. The van der Waals surface area contributed by atoms with Crippen molar-refractivity contribution in [2.24, 2.45) is 0 Å². The maximum atomic E-state index is 6.12. The Labute approximate surface area is 160 Å². The third kappa shape index (κ3) is 4.47. The molecule has 2 aromatic carbocycles. The van der Waals surface area contributed by atoms with Gasteiger partial charge in [-0.25, -0.2) is 0 Å². The summed E-state index contributed by atoms with van der Waals surface area (Å²) in [5.41, 5.74) is 3.06. The van der Waals surface area contributed by atoms with Gasteiger partial charge in [-0.2, -0.15) is 0 Å². The van der Waals surface area contributed by atoms with Gasteiger partial charge in [0.15, 0.2) is 5.11 Å². The molecule has 0 aromatic heterocycles. The van der Waals surface area contributed by atoms with Crippen LogP contribution in [0.5, 0.6) is 11.5 Å². The van der Waals surface area contributed by atoms with Crippen LogP contribution in [0.15, 0.2) is 42.5 Å². The molecule has 0 amide bonds. The van der Waals surface area contributed by atoms with Crippen molar-refractivity contribution >= 4 is 23.0 Å². The highest BCUT2D eigenvalue weighted by Crippen LogP contribution is 2.39. The van der Waals surface area contributed by atoms with Crippen LogP contribution < -0.4 is 20.1 Å². The van der Waals surface area contributed by atoms with E-state index in [1.165, 1.54) is 5.56 Å². The molecule has 0 radical (unpaired) electrons. The first kappa shape index (κ1) is 18.5. The molecule has 0 bridgehead atoms. The van der Waals surface area contributed by atoms with Crippen LogP contribution in [0, 0.1) is 6.92 Å². The van der Waals surface area contributed by atoms with E-state index >= 15 is 0 Å². The Bertz CT molecular complexity index is 787. The van der Waals surface area contributed by atoms with Gasteiger partial charge in [0.1, 0.15) is 17.1 Å². The zero-order chi connectivity index (χ0) is 18.7. The fourth-order valence-corrected chi connectivity index (χ4v) is 3.49. The summed E-state index contributed by atoms with van der Waals surface area (Å²) in [4.78, 5) is 0. The smallest absolute Gasteiger partial charge is 0.171 e. The minimum absolute atomic E-state index is 0.108. The summed E-state index contributed by atoms with van der Waals surface area (Å²) < 4.78 is 11.6. The molecule has 26 heavy (non-hydrogen) atoms. The van der Waals surface area contributed by atoms with Crippen molar-refractivity contribution in [3.05, 3.63) is 53.6 Å². The van der Waals surface area contributed by atoms with Gasteiger partial charge in [0.05, 0.1) is 12.6 Å². The predicted octanol–water partition coefficient (Wildman–Crippen LogP) is 4.98. The summed E-state index contributed by atoms with van der Waals surface area (Å²) in [6.07, 6.45) is 0.842. The first-order valence-electron chi connectivity index (χ1n) is 8.96. The molecule has 4 nitrogen and oxygen atoms in total. The fourth-order valence-electron chi connectivity index (χ4n) is 3.23. The number of benzene rings is 2. The molecule has 0 unspecified atom stereocenters. The van der Waals surface area contributed by atoms with Crippen molar-refractivity contribution in [1.82, 2.24) is 5.32 Å². The van der Waals surface area contributed by atoms with Gasteiger partial charge < -0.3 is 20.1 Å². The van der Waals surface area contributed by atoms with E-state index in [2.05, 4.69) is 43.5 Å². The molecule has 0 fully saturated rings. The fraction of sp³-hybridized carbons (Fsp3) is 0.381. The largest absolute Gasteiger partial charge is 0.494 e. The lowest BCUT2D eigenvalue weighted by atomic mass is 9.89. The lowest BCUT2D eigenvalue weighted by Gasteiger charge is -2.38. The van der Waals surface area contributed by atoms with Crippen LogP contribution in [-0.2, 0) is 0 Å². The molecule has 5 heteroatoms. The third-order valence-electron chi connectivity index (χ3n) is 4.35. The first-order valence-corrected chi connectivity index (χ1v) is 9.37. The van der Waals surface area contributed by atoms with Gasteiger partial charge in [-0.3, -0.25) is 0 Å². The predicted molar refractivity (Wildman–Crippen MR) is 110 cm³/mol. The first-order chi connectivity index (χ1) is 12.4. The van der Waals surface area contributed by atoms with Crippen LogP contribution >= 0.6 is 12.2 Å². The summed E-state index contributed by atoms with van der Waals surface area (Å²) in [5, 5.41) is 7.31. The standard InChI is InChI=1S/C21H26N2O2S/c1-5-24-16-9-7-15(8-10-16)22-20(26)23-18-13-21(3,4)25-19-11-6-14(2)12-17(18)19/h6-12,18H,5,13H2,1-4H3,(H2,22,23,26)/t18-/m1/s1. The Hall–Kier alpha value is -2.27. The van der Waals surface area contributed by atoms with Crippen molar-refractivity contribution in [1.29, 1.82) is 0 Å². The minimum atomic E-state index is -0.241. The molecule has 1 heterocycles. The zero-order valence-corrected chi connectivity index (χ0v) is 16.6. The SMILES string of the molecule is CCOc1ccc(NC(=S)N[C@@H]2CC(C)(C)Oc3ccc(C)cc32)cc1. The van der Waals surface area contributed by atoms with Crippen molar-refractivity contribution in [2.75, 3.05) is 11.9 Å². The molecule has 1 aliphatic rings. The average molecular weight is 371 g/mol. The van der Waals surface area contributed by atoms with Gasteiger partial charge in [0.25, 0.3) is 0 Å². The van der Waals surface area contributed by atoms with Crippen molar-refractivity contribution in [3.8, 4) is 11.5 Å². The van der Waals surface area contributed by atoms with E-state index in [-0.39, 0.29) is 11.6 Å². The Morgan fingerprint density at radius 3 is 2.65 bits per heavy atom. The molecule has 1 aliphatic heterocycles. The summed E-state index contributed by atoms with van der Waals surface area (Å²) in [7, 11) is 0. The molecule has 3 rings (SSSR count). The van der Waals surface area contributed by atoms with E-state index in [1.54, 1.807) is 0 Å². The van der Waals surface area contributed by atoms with Gasteiger partial charge in [-0.05, 0) is 70.2 Å². The monoisotopic (exact) mass is 370 g/mol. The van der Waals surface area contributed by atoms with Crippen LogP contribution in [0.4, 0.5) is 5.69 Å². The Kier molecular flexibility index (Phi) is 5.37. The molecule has 0 spiro atoms. The quantitative estimate of drug-likeness (QED) is 0.743. The van der Waals surface area contributed by atoms with Crippen molar-refractivity contribution < 1.29 is 9.47 Å². The number of hydrogen-bond donors (Lipinski definition) is 2. The number of rotatable bonds is 4. The third-order valence-corrected chi connectivity index (χ3v) is 4.57. The van der Waals surface area contributed by atoms with Crippen LogP contribution in [-0.4, -0.2) is 17.3 Å². The number of aryl methyl sites for hydroxylation is 1. The number of anilines is 1. The zero-order valence-electron chi connectivity index (χ0n) is 15.8. The topological polar surface area (TPSA) is 42.5 Å². The lowest BCUT2D eigenvalue weighted by Crippen LogP contribution is -2.42. The minimum Gasteiger partial charge on any atom is -0.494 e. The van der Waals surface area contributed by atoms with Crippen LogP contribution in [0.25, 0.3) is 0 Å². The lowest BCUT2D eigenvalue weighted by molar-refractivity contribution is 0.0696. The molecule has 2 N–H and O–H groups in total. The molecule has 138 valence electrons. The molecule has 1 atom stereocenters. The molecule has 0 saturated heterocycles. The van der Waals surface area contributed by atoms with E-state index in [4.69, 9.17) is 21.7 Å². The molecular formula is C21H26N2O2S. The summed E-state index contributed by atoms with van der Waals surface area (Å²) in [6.45, 7) is 8.93. The maximum Gasteiger partial charge on any atom is 0.171 e. The second-order valence-corrected chi connectivity index (χ2v) is 7.62. The van der Waals surface area contributed by atoms with Gasteiger partial charge >= 0.3 is 0 Å². The van der Waals surface area contributed by atoms with E-state index in [0.717, 1.165) is 29.2 Å². The number of thiocarbonyl (C=S) groups is 1. The second kappa shape index (κ2) is 7.54. The highest BCUT2D eigenvalue weighted by atomic mass is 32.1. The van der Waals surface area contributed by atoms with Crippen LogP contribution in [0.3, 0.4) is 0 Å². The van der Waals surface area contributed by atoms with Gasteiger partial charge in [-0.1, -0.05) is 17.7 Å². The Morgan fingerprint density at radius 1 is 1.23 bits per heavy atom. The van der Waals surface area contributed by atoms with Crippen molar-refractivity contribution in [2.45, 2.75) is 45.8 Å². The Morgan fingerprint density at radius 2 is 1.96 bits per heavy atom. The van der Waals surface area contributed by atoms with Crippen LogP contribution in [0.1, 0.15) is 44.4 Å². The molecule has 2 aromatic rings. The van der Waals surface area contributed by atoms with Gasteiger partial charge in [0.2, 0.25) is 0 Å². The van der Waals surface area contributed by atoms with Gasteiger partial charge in [0, 0.05) is 17.7 Å². The number of hydrogen-bond acceptors (Lipinski definition) is 3. The summed E-state index contributed by atoms with van der Waals surface area (Å²) in [5.74, 6) is 1.78. The highest BCUT2D eigenvalue weighted by molar-refractivity contribution is 7.80. The second-order valence-electron chi connectivity index (χ2n) is 7.22. The average Bonchev–Trinajstić information content (AvgIpc) is 2.57. The van der Waals surface area contributed by atoms with E-state index < -0.39 is 0 Å².